The van der Waals surface area contributed by atoms with E-state index in [-0.39, 0.29) is 0 Å². The Labute approximate surface area is 129 Å². The summed E-state index contributed by atoms with van der Waals surface area (Å²) in [4.78, 5) is 2.23. The molecule has 2 rings (SSSR count). The highest BCUT2D eigenvalue weighted by atomic mass is 127. The fraction of sp³-hybridized carbons (Fsp3) is 0.143. The van der Waals surface area contributed by atoms with Crippen LogP contribution in [0.1, 0.15) is 5.56 Å². The number of rotatable bonds is 3. The summed E-state index contributed by atoms with van der Waals surface area (Å²) in [6.45, 7) is 0.874. The molecule has 94 valence electrons. The molecule has 0 spiro atoms. The average Bonchev–Trinajstić information content (AvgIpc) is 2.28. The molecule has 18 heavy (non-hydrogen) atoms. The summed E-state index contributed by atoms with van der Waals surface area (Å²) in [5.74, 6) is 0. The van der Waals surface area contributed by atoms with E-state index in [4.69, 9.17) is 5.73 Å². The van der Waals surface area contributed by atoms with E-state index in [1.54, 1.807) is 0 Å². The number of hydrogen-bond donors (Lipinski definition) is 1. The highest BCUT2D eigenvalue weighted by Crippen LogP contribution is 2.25. The van der Waals surface area contributed by atoms with Crippen molar-refractivity contribution in [3.05, 3.63) is 56.1 Å². The number of benzene rings is 2. The molecule has 0 radical (unpaired) electrons. The molecule has 2 aromatic carbocycles. The Morgan fingerprint density at radius 2 is 2.00 bits per heavy atom. The Kier molecular flexibility index (Phi) is 4.50. The maximum atomic E-state index is 5.77. The van der Waals surface area contributed by atoms with E-state index in [0.29, 0.717) is 0 Å². The lowest BCUT2D eigenvalue weighted by atomic mass is 10.2. The average molecular weight is 417 g/mol. The minimum atomic E-state index is 0.805. The van der Waals surface area contributed by atoms with Crippen LogP contribution in [0, 0.1) is 3.57 Å². The Bertz CT molecular complexity index is 557. The van der Waals surface area contributed by atoms with Crippen molar-refractivity contribution in [1.82, 2.24) is 0 Å². The van der Waals surface area contributed by atoms with Crippen molar-refractivity contribution in [3.8, 4) is 0 Å². The number of nitrogens with two attached hydrogens (primary N) is 1. The monoisotopic (exact) mass is 416 g/mol. The summed E-state index contributed by atoms with van der Waals surface area (Å²) in [5, 5.41) is 0. The molecule has 0 saturated carbocycles. The zero-order valence-electron chi connectivity index (χ0n) is 10.0. The Morgan fingerprint density at radius 1 is 1.22 bits per heavy atom. The summed E-state index contributed by atoms with van der Waals surface area (Å²) in [5.41, 5.74) is 9.05. The second kappa shape index (κ2) is 5.93. The topological polar surface area (TPSA) is 29.3 Å². The molecule has 0 saturated heterocycles. The molecule has 2 aromatic rings. The fourth-order valence-electron chi connectivity index (χ4n) is 1.83. The molecule has 0 aliphatic rings. The largest absolute Gasteiger partial charge is 0.399 e. The molecule has 0 amide bonds. The van der Waals surface area contributed by atoms with Crippen LogP contribution in [0.4, 0.5) is 11.4 Å². The smallest absolute Gasteiger partial charge is 0.0503 e. The predicted octanol–water partition coefficient (Wildman–Crippen LogP) is 4.27. The molecular weight excluding hydrogens is 403 g/mol. The fourth-order valence-corrected chi connectivity index (χ4v) is 3.22. The van der Waals surface area contributed by atoms with Gasteiger partial charge in [0.2, 0.25) is 0 Å². The zero-order chi connectivity index (χ0) is 13.1. The molecule has 0 bridgehead atoms. The van der Waals surface area contributed by atoms with Gasteiger partial charge in [0.05, 0.1) is 5.69 Å². The van der Waals surface area contributed by atoms with Crippen molar-refractivity contribution < 1.29 is 0 Å². The first-order valence-electron chi connectivity index (χ1n) is 5.57. The second-order valence-electron chi connectivity index (χ2n) is 4.20. The Morgan fingerprint density at radius 3 is 2.67 bits per heavy atom. The van der Waals surface area contributed by atoms with Gasteiger partial charge in [-0.3, -0.25) is 0 Å². The number of nitrogens with zero attached hydrogens (tertiary/aromatic N) is 1. The van der Waals surface area contributed by atoms with Crippen molar-refractivity contribution >= 4 is 49.9 Å². The number of nitrogen functional groups attached to an aromatic ring is 1. The quantitative estimate of drug-likeness (QED) is 0.597. The maximum absolute atomic E-state index is 5.77. The van der Waals surface area contributed by atoms with Crippen molar-refractivity contribution in [3.63, 3.8) is 0 Å². The van der Waals surface area contributed by atoms with Gasteiger partial charge in [0, 0.05) is 27.3 Å². The van der Waals surface area contributed by atoms with Gasteiger partial charge in [-0.2, -0.15) is 0 Å². The van der Waals surface area contributed by atoms with Crippen molar-refractivity contribution in [1.29, 1.82) is 0 Å². The van der Waals surface area contributed by atoms with Gasteiger partial charge in [-0.05, 0) is 58.5 Å². The van der Waals surface area contributed by atoms with Crippen LogP contribution in [0.25, 0.3) is 0 Å². The lowest BCUT2D eigenvalue weighted by Gasteiger charge is -2.21. The standard InChI is InChI=1S/C14H14BrIN2/c1-18(9-10-3-2-4-11(15)7-10)14-6-5-12(17)8-13(14)16/h2-8H,9,17H2,1H3. The molecule has 0 fully saturated rings. The SMILES string of the molecule is CN(Cc1cccc(Br)c1)c1ccc(N)cc1I. The van der Waals surface area contributed by atoms with Crippen LogP contribution in [0.5, 0.6) is 0 Å². The molecule has 0 atom stereocenters. The van der Waals surface area contributed by atoms with Gasteiger partial charge in [0.25, 0.3) is 0 Å². The molecule has 0 aliphatic carbocycles. The van der Waals surface area contributed by atoms with Crippen molar-refractivity contribution in [2.24, 2.45) is 0 Å². The van der Waals surface area contributed by atoms with Crippen LogP contribution in [0.15, 0.2) is 46.9 Å². The molecule has 0 unspecified atom stereocenters. The minimum absolute atomic E-state index is 0.805. The van der Waals surface area contributed by atoms with Gasteiger partial charge in [0.1, 0.15) is 0 Å². The predicted molar refractivity (Wildman–Crippen MR) is 89.8 cm³/mol. The van der Waals surface area contributed by atoms with Crippen LogP contribution < -0.4 is 10.6 Å². The summed E-state index contributed by atoms with van der Waals surface area (Å²) in [6, 6.07) is 14.4. The molecule has 2 nitrogen and oxygen atoms in total. The Balaban J connectivity index is 2.19. The highest BCUT2D eigenvalue weighted by Gasteiger charge is 2.06. The Hall–Kier alpha value is -0.750. The van der Waals surface area contributed by atoms with Crippen LogP contribution in [0.3, 0.4) is 0 Å². The minimum Gasteiger partial charge on any atom is -0.399 e. The van der Waals surface area contributed by atoms with Crippen LogP contribution in [-0.2, 0) is 6.54 Å². The highest BCUT2D eigenvalue weighted by molar-refractivity contribution is 14.1. The van der Waals surface area contributed by atoms with Crippen LogP contribution in [-0.4, -0.2) is 7.05 Å². The van der Waals surface area contributed by atoms with E-state index in [1.165, 1.54) is 14.8 Å². The van der Waals surface area contributed by atoms with Crippen LogP contribution >= 0.6 is 38.5 Å². The van der Waals surface area contributed by atoms with Gasteiger partial charge in [-0.15, -0.1) is 0 Å². The van der Waals surface area contributed by atoms with Crippen molar-refractivity contribution in [2.75, 3.05) is 17.7 Å². The van der Waals surface area contributed by atoms with E-state index < -0.39 is 0 Å². The number of halogens is 2. The number of anilines is 2. The van der Waals surface area contributed by atoms with E-state index >= 15 is 0 Å². The van der Waals surface area contributed by atoms with Crippen LogP contribution in [0.2, 0.25) is 0 Å². The number of hydrogen-bond acceptors (Lipinski definition) is 2. The lowest BCUT2D eigenvalue weighted by Crippen LogP contribution is -2.17. The van der Waals surface area contributed by atoms with Gasteiger partial charge in [-0.25, -0.2) is 0 Å². The first-order valence-corrected chi connectivity index (χ1v) is 7.44. The summed E-state index contributed by atoms with van der Waals surface area (Å²) in [6.07, 6.45) is 0. The van der Waals surface area contributed by atoms with E-state index in [2.05, 4.69) is 74.7 Å². The summed E-state index contributed by atoms with van der Waals surface area (Å²) < 4.78 is 2.28. The molecular formula is C14H14BrIN2. The third kappa shape index (κ3) is 3.38. The van der Waals surface area contributed by atoms with E-state index in [1.807, 2.05) is 18.2 Å². The molecule has 2 N–H and O–H groups in total. The van der Waals surface area contributed by atoms with Gasteiger partial charge < -0.3 is 10.6 Å². The first kappa shape index (κ1) is 13.7. The second-order valence-corrected chi connectivity index (χ2v) is 6.27. The zero-order valence-corrected chi connectivity index (χ0v) is 13.8. The van der Waals surface area contributed by atoms with Gasteiger partial charge in [0.15, 0.2) is 0 Å². The molecule has 0 aliphatic heterocycles. The molecule has 0 heterocycles. The maximum Gasteiger partial charge on any atom is 0.0503 e. The van der Waals surface area contributed by atoms with E-state index in [0.717, 1.165) is 16.7 Å². The van der Waals surface area contributed by atoms with E-state index in [9.17, 15) is 0 Å². The third-order valence-electron chi connectivity index (χ3n) is 2.69. The molecule has 0 aromatic heterocycles. The summed E-state index contributed by atoms with van der Waals surface area (Å²) >= 11 is 5.82. The first-order chi connectivity index (χ1) is 8.56. The normalized spacial score (nSPS) is 10.4. The van der Waals surface area contributed by atoms with Gasteiger partial charge >= 0.3 is 0 Å². The van der Waals surface area contributed by atoms with Gasteiger partial charge in [-0.1, -0.05) is 28.1 Å². The third-order valence-corrected chi connectivity index (χ3v) is 4.05. The summed E-state index contributed by atoms with van der Waals surface area (Å²) in [7, 11) is 2.09. The lowest BCUT2D eigenvalue weighted by molar-refractivity contribution is 0.919. The van der Waals surface area contributed by atoms with Crippen molar-refractivity contribution in [2.45, 2.75) is 6.54 Å². The molecule has 4 heteroatoms.